The van der Waals surface area contributed by atoms with Crippen molar-refractivity contribution in [3.8, 4) is 0 Å². The predicted octanol–water partition coefficient (Wildman–Crippen LogP) is 3.48. The fraction of sp³-hybridized carbons (Fsp3) is 0.483. The SMILES string of the molecule is CCOC(=O)C(CCc1ccccc1)NCC(=O)N(CC(=O)OC(C)(C)C)C1Cc2ccccc2C1. The molecule has 36 heavy (non-hydrogen) atoms. The van der Waals surface area contributed by atoms with Crippen LogP contribution in [0.2, 0.25) is 0 Å². The molecule has 194 valence electrons. The first kappa shape index (κ1) is 27.4. The molecule has 1 N–H and O–H groups in total. The summed E-state index contributed by atoms with van der Waals surface area (Å²) in [5.41, 5.74) is 2.83. The molecule has 0 saturated carbocycles. The number of fused-ring (bicyclic) bond motifs is 1. The molecule has 1 unspecified atom stereocenters. The van der Waals surface area contributed by atoms with Crippen molar-refractivity contribution < 1.29 is 23.9 Å². The van der Waals surface area contributed by atoms with E-state index in [4.69, 9.17) is 9.47 Å². The van der Waals surface area contributed by atoms with Crippen molar-refractivity contribution >= 4 is 17.8 Å². The molecule has 1 aliphatic carbocycles. The second kappa shape index (κ2) is 12.7. The quantitative estimate of drug-likeness (QED) is 0.482. The molecule has 0 saturated heterocycles. The van der Waals surface area contributed by atoms with Crippen LogP contribution in [0.1, 0.15) is 50.8 Å². The molecule has 0 fully saturated rings. The molecule has 1 atom stereocenters. The van der Waals surface area contributed by atoms with E-state index in [1.807, 2.05) is 42.5 Å². The zero-order chi connectivity index (χ0) is 26.1. The van der Waals surface area contributed by atoms with Gasteiger partial charge in [0, 0.05) is 6.04 Å². The Balaban J connectivity index is 1.69. The van der Waals surface area contributed by atoms with Crippen molar-refractivity contribution in [3.05, 3.63) is 71.3 Å². The van der Waals surface area contributed by atoms with Crippen LogP contribution in [0.4, 0.5) is 0 Å². The second-order valence-corrected chi connectivity index (χ2v) is 10.1. The third-order valence-corrected chi connectivity index (χ3v) is 6.15. The molecule has 0 spiro atoms. The standard InChI is InChI=1S/C29H38N2O5/c1-5-35-28(34)25(16-15-21-11-7-6-8-12-21)30-19-26(32)31(20-27(33)36-29(2,3)4)24-17-22-13-9-10-14-23(22)18-24/h6-14,24-25,30H,5,15-20H2,1-4H3. The van der Waals surface area contributed by atoms with Crippen molar-refractivity contribution in [2.24, 2.45) is 0 Å². The minimum Gasteiger partial charge on any atom is -0.465 e. The van der Waals surface area contributed by atoms with Crippen LogP contribution in [0.5, 0.6) is 0 Å². The van der Waals surface area contributed by atoms with Gasteiger partial charge in [0.2, 0.25) is 5.91 Å². The van der Waals surface area contributed by atoms with Crippen LogP contribution in [-0.2, 0) is 43.1 Å². The van der Waals surface area contributed by atoms with Crippen LogP contribution in [0.3, 0.4) is 0 Å². The van der Waals surface area contributed by atoms with E-state index in [9.17, 15) is 14.4 Å². The third kappa shape index (κ3) is 8.19. The Morgan fingerprint density at radius 2 is 1.61 bits per heavy atom. The average Bonchev–Trinajstić information content (AvgIpc) is 3.26. The van der Waals surface area contributed by atoms with Gasteiger partial charge >= 0.3 is 11.9 Å². The highest BCUT2D eigenvalue weighted by Gasteiger charge is 2.33. The summed E-state index contributed by atoms with van der Waals surface area (Å²) in [6, 6.07) is 17.2. The average molecular weight is 495 g/mol. The van der Waals surface area contributed by atoms with Gasteiger partial charge in [-0.25, -0.2) is 0 Å². The number of carbonyl (C=O) groups excluding carboxylic acids is 3. The topological polar surface area (TPSA) is 84.9 Å². The number of carbonyl (C=O) groups is 3. The van der Waals surface area contributed by atoms with Gasteiger partial charge in [-0.05, 0) is 70.1 Å². The molecule has 0 radical (unpaired) electrons. The Bertz CT molecular complexity index is 1010. The molecule has 2 aromatic rings. The van der Waals surface area contributed by atoms with Crippen LogP contribution >= 0.6 is 0 Å². The molecule has 1 aliphatic rings. The van der Waals surface area contributed by atoms with Crippen molar-refractivity contribution in [3.63, 3.8) is 0 Å². The Morgan fingerprint density at radius 1 is 1.00 bits per heavy atom. The van der Waals surface area contributed by atoms with Gasteiger partial charge in [-0.15, -0.1) is 0 Å². The zero-order valence-electron chi connectivity index (χ0n) is 21.8. The van der Waals surface area contributed by atoms with Crippen LogP contribution in [-0.4, -0.2) is 60.1 Å². The number of esters is 2. The molecule has 1 amide bonds. The zero-order valence-corrected chi connectivity index (χ0v) is 21.8. The van der Waals surface area contributed by atoms with E-state index in [1.165, 1.54) is 11.1 Å². The van der Waals surface area contributed by atoms with Crippen molar-refractivity contribution in [1.29, 1.82) is 0 Å². The predicted molar refractivity (Wildman–Crippen MR) is 138 cm³/mol. The molecule has 7 nitrogen and oxygen atoms in total. The van der Waals surface area contributed by atoms with Crippen molar-refractivity contribution in [2.75, 3.05) is 19.7 Å². The summed E-state index contributed by atoms with van der Waals surface area (Å²) in [6.45, 7) is 7.24. The minimum atomic E-state index is -0.644. The highest BCUT2D eigenvalue weighted by Crippen LogP contribution is 2.26. The number of rotatable bonds is 11. The van der Waals surface area contributed by atoms with E-state index >= 15 is 0 Å². The molecule has 2 aromatic carbocycles. The van der Waals surface area contributed by atoms with Gasteiger partial charge < -0.3 is 14.4 Å². The van der Waals surface area contributed by atoms with Gasteiger partial charge in [-0.3, -0.25) is 19.7 Å². The molecule has 3 rings (SSSR count). The molecule has 0 bridgehead atoms. The Morgan fingerprint density at radius 3 is 2.19 bits per heavy atom. The molecule has 0 heterocycles. The van der Waals surface area contributed by atoms with Crippen molar-refractivity contribution in [1.82, 2.24) is 10.2 Å². The number of benzene rings is 2. The lowest BCUT2D eigenvalue weighted by Crippen LogP contribution is -2.51. The van der Waals surface area contributed by atoms with Gasteiger partial charge in [0.15, 0.2) is 0 Å². The van der Waals surface area contributed by atoms with Crippen LogP contribution in [0.15, 0.2) is 54.6 Å². The highest BCUT2D eigenvalue weighted by molar-refractivity contribution is 5.85. The molecular formula is C29H38N2O5. The second-order valence-electron chi connectivity index (χ2n) is 10.1. The van der Waals surface area contributed by atoms with E-state index < -0.39 is 17.6 Å². The minimum absolute atomic E-state index is 0.0755. The summed E-state index contributed by atoms with van der Waals surface area (Å²) in [6.07, 6.45) is 2.53. The Kier molecular flexibility index (Phi) is 9.65. The summed E-state index contributed by atoms with van der Waals surface area (Å²) < 4.78 is 10.8. The lowest BCUT2D eigenvalue weighted by Gasteiger charge is -2.30. The van der Waals surface area contributed by atoms with Crippen LogP contribution in [0, 0.1) is 0 Å². The molecule has 0 aromatic heterocycles. The number of hydrogen-bond donors (Lipinski definition) is 1. The van der Waals surface area contributed by atoms with E-state index in [0.717, 1.165) is 5.56 Å². The monoisotopic (exact) mass is 494 g/mol. The molecule has 7 heteroatoms. The van der Waals surface area contributed by atoms with Gasteiger partial charge in [-0.1, -0.05) is 54.6 Å². The first-order valence-corrected chi connectivity index (χ1v) is 12.7. The fourth-order valence-corrected chi connectivity index (χ4v) is 4.50. The maximum atomic E-state index is 13.4. The summed E-state index contributed by atoms with van der Waals surface area (Å²) in [7, 11) is 0. The van der Waals surface area contributed by atoms with Gasteiger partial charge in [-0.2, -0.15) is 0 Å². The number of ether oxygens (including phenoxy) is 2. The summed E-state index contributed by atoms with van der Waals surface area (Å²) in [5.74, 6) is -1.07. The number of aryl methyl sites for hydroxylation is 1. The highest BCUT2D eigenvalue weighted by atomic mass is 16.6. The molecule has 0 aliphatic heterocycles. The number of nitrogens with one attached hydrogen (secondary N) is 1. The Labute approximate surface area is 214 Å². The summed E-state index contributed by atoms with van der Waals surface area (Å²) in [4.78, 5) is 40.3. The number of amides is 1. The smallest absolute Gasteiger partial charge is 0.326 e. The Hall–Kier alpha value is -3.19. The lowest BCUT2D eigenvalue weighted by atomic mass is 10.1. The van der Waals surface area contributed by atoms with Gasteiger partial charge in [0.1, 0.15) is 18.2 Å². The van der Waals surface area contributed by atoms with Gasteiger partial charge in [0.25, 0.3) is 0 Å². The van der Waals surface area contributed by atoms with Crippen LogP contribution < -0.4 is 5.32 Å². The number of nitrogens with zero attached hydrogens (tertiary/aromatic N) is 1. The maximum absolute atomic E-state index is 13.4. The van der Waals surface area contributed by atoms with Crippen LogP contribution in [0.25, 0.3) is 0 Å². The summed E-state index contributed by atoms with van der Waals surface area (Å²) >= 11 is 0. The van der Waals surface area contributed by atoms with Gasteiger partial charge in [0.05, 0.1) is 13.2 Å². The lowest BCUT2D eigenvalue weighted by molar-refractivity contribution is -0.160. The van der Waals surface area contributed by atoms with E-state index in [0.29, 0.717) is 25.7 Å². The first-order chi connectivity index (χ1) is 17.2. The normalized spacial score (nSPS) is 14.1. The first-order valence-electron chi connectivity index (χ1n) is 12.7. The van der Waals surface area contributed by atoms with E-state index in [-0.39, 0.29) is 37.6 Å². The summed E-state index contributed by atoms with van der Waals surface area (Å²) in [5, 5.41) is 3.10. The number of hydrogen-bond acceptors (Lipinski definition) is 6. The fourth-order valence-electron chi connectivity index (χ4n) is 4.50. The van der Waals surface area contributed by atoms with E-state index in [2.05, 4.69) is 17.4 Å². The third-order valence-electron chi connectivity index (χ3n) is 6.15. The van der Waals surface area contributed by atoms with Crippen molar-refractivity contribution in [2.45, 2.75) is 71.1 Å². The maximum Gasteiger partial charge on any atom is 0.326 e. The van der Waals surface area contributed by atoms with E-state index in [1.54, 1.807) is 32.6 Å². The molecular weight excluding hydrogens is 456 g/mol. The largest absolute Gasteiger partial charge is 0.465 e.